The lowest BCUT2D eigenvalue weighted by molar-refractivity contribution is 0.111. The van der Waals surface area contributed by atoms with Crippen molar-refractivity contribution in [1.29, 1.82) is 0 Å². The van der Waals surface area contributed by atoms with Crippen LogP contribution < -0.4 is 4.59 Å². The molecule has 0 bridgehead atoms. The van der Waals surface area contributed by atoms with Gasteiger partial charge in [0.15, 0.2) is 12.0 Å². The number of halogens is 1. The van der Waals surface area contributed by atoms with Crippen molar-refractivity contribution in [2.24, 2.45) is 5.10 Å². The Morgan fingerprint density at radius 1 is 1.50 bits per heavy atom. The molecule has 1 aromatic rings. The first kappa shape index (κ1) is 11.0. The molecule has 0 aromatic carbocycles. The highest BCUT2D eigenvalue weighted by Gasteiger charge is 2.38. The summed E-state index contributed by atoms with van der Waals surface area (Å²) in [4.78, 5) is 14.9. The van der Waals surface area contributed by atoms with Gasteiger partial charge >= 0.3 is 0 Å². The maximum atomic E-state index is 11.0. The molecular weight excluding hydrogens is 230 g/mol. The van der Waals surface area contributed by atoms with Gasteiger partial charge in [-0.15, -0.1) is 0 Å². The van der Waals surface area contributed by atoms with Crippen LogP contribution in [0.15, 0.2) is 11.2 Å². The zero-order chi connectivity index (χ0) is 11.9. The number of carbonyl (C=O) groups is 1. The molecule has 0 unspecified atom stereocenters. The minimum atomic E-state index is 0.238. The van der Waals surface area contributed by atoms with Gasteiger partial charge in [0.1, 0.15) is 16.4 Å². The van der Waals surface area contributed by atoms with Crippen LogP contribution in [0.4, 0.5) is 5.69 Å². The fraction of sp³-hybridized carbons (Fsp3) is 0.300. The van der Waals surface area contributed by atoms with E-state index in [-0.39, 0.29) is 15.4 Å². The van der Waals surface area contributed by atoms with Gasteiger partial charge in [0.25, 0.3) is 5.90 Å². The van der Waals surface area contributed by atoms with E-state index < -0.39 is 0 Å². The molecule has 5 nitrogen and oxygen atoms in total. The van der Waals surface area contributed by atoms with Crippen molar-refractivity contribution < 1.29 is 9.53 Å². The topological polar surface area (TPSA) is 51.6 Å². The standard InChI is InChI=1S/C10H11ClN3O2/c1-14(2)7-4-8(11)12-6(5-15)9(7)10(13-14)16-3/h4-5H,1-3H3/q+1. The maximum Gasteiger partial charge on any atom is 0.282 e. The Morgan fingerprint density at radius 2 is 2.19 bits per heavy atom. The molecule has 1 aromatic heterocycles. The highest BCUT2D eigenvalue weighted by molar-refractivity contribution is 6.30. The van der Waals surface area contributed by atoms with Crippen LogP contribution in [0.3, 0.4) is 0 Å². The number of hydrogen-bond acceptors (Lipinski definition) is 4. The van der Waals surface area contributed by atoms with Crippen molar-refractivity contribution in [1.82, 2.24) is 9.58 Å². The van der Waals surface area contributed by atoms with Gasteiger partial charge in [-0.2, -0.15) is 4.59 Å². The normalized spacial score (nSPS) is 16.6. The molecule has 1 aliphatic heterocycles. The number of rotatable bonds is 1. The van der Waals surface area contributed by atoms with Gasteiger partial charge < -0.3 is 4.74 Å². The summed E-state index contributed by atoms with van der Waals surface area (Å²) in [5.74, 6) is 0.409. The first-order valence-corrected chi connectivity index (χ1v) is 5.02. The molecule has 16 heavy (non-hydrogen) atoms. The number of pyridine rings is 1. The van der Waals surface area contributed by atoms with E-state index in [4.69, 9.17) is 16.3 Å². The van der Waals surface area contributed by atoms with Crippen LogP contribution in [0.5, 0.6) is 0 Å². The Morgan fingerprint density at radius 3 is 2.75 bits per heavy atom. The predicted molar refractivity (Wildman–Crippen MR) is 61.8 cm³/mol. The molecule has 2 rings (SSSR count). The minimum absolute atomic E-state index is 0.238. The number of ether oxygens (including phenoxy) is 1. The summed E-state index contributed by atoms with van der Waals surface area (Å²) in [5.41, 5.74) is 1.68. The molecule has 1 aliphatic rings. The highest BCUT2D eigenvalue weighted by atomic mass is 35.5. The van der Waals surface area contributed by atoms with E-state index in [9.17, 15) is 4.79 Å². The molecule has 0 saturated heterocycles. The van der Waals surface area contributed by atoms with Crippen LogP contribution in [-0.2, 0) is 4.74 Å². The Kier molecular flexibility index (Phi) is 2.44. The van der Waals surface area contributed by atoms with Gasteiger partial charge in [0.2, 0.25) is 0 Å². The summed E-state index contributed by atoms with van der Waals surface area (Å²) in [7, 11) is 5.25. The first-order valence-electron chi connectivity index (χ1n) is 4.64. The van der Waals surface area contributed by atoms with Crippen molar-refractivity contribution in [3.63, 3.8) is 0 Å². The molecule has 0 atom stereocenters. The predicted octanol–water partition coefficient (Wildman–Crippen LogP) is 1.44. The molecule has 2 heterocycles. The molecule has 0 saturated carbocycles. The fourth-order valence-corrected chi connectivity index (χ4v) is 1.92. The molecule has 6 heteroatoms. The number of methoxy groups -OCH3 is 1. The lowest BCUT2D eigenvalue weighted by Gasteiger charge is -2.17. The third kappa shape index (κ3) is 1.48. The van der Waals surface area contributed by atoms with Crippen molar-refractivity contribution in [3.8, 4) is 0 Å². The van der Waals surface area contributed by atoms with Crippen LogP contribution in [-0.4, -0.2) is 38.4 Å². The molecule has 0 radical (unpaired) electrons. The Hall–Kier alpha value is -1.46. The summed E-state index contributed by atoms with van der Waals surface area (Å²) in [6.07, 6.45) is 0.657. The molecule has 0 spiro atoms. The van der Waals surface area contributed by atoms with E-state index in [1.807, 2.05) is 14.1 Å². The Balaban J connectivity index is 2.76. The SMILES string of the molecule is COC1=N[N+](C)(C)c2cc(Cl)nc(C=O)c21. The Bertz CT molecular complexity index is 497. The van der Waals surface area contributed by atoms with Gasteiger partial charge in [0, 0.05) is 6.07 Å². The van der Waals surface area contributed by atoms with Gasteiger partial charge in [-0.3, -0.25) is 4.79 Å². The van der Waals surface area contributed by atoms with E-state index >= 15 is 0 Å². The second kappa shape index (κ2) is 3.54. The number of nitrogens with zero attached hydrogens (tertiary/aromatic N) is 3. The number of aldehydes is 1. The van der Waals surface area contributed by atoms with Crippen LogP contribution in [0.1, 0.15) is 16.1 Å². The van der Waals surface area contributed by atoms with Crippen LogP contribution in [0.2, 0.25) is 5.15 Å². The maximum absolute atomic E-state index is 11.0. The monoisotopic (exact) mass is 240 g/mol. The summed E-state index contributed by atoms with van der Waals surface area (Å²) in [5, 5.41) is 4.61. The smallest absolute Gasteiger partial charge is 0.282 e. The molecular formula is C10H11ClN3O2+. The van der Waals surface area contributed by atoms with Crippen LogP contribution in [0.25, 0.3) is 0 Å². The van der Waals surface area contributed by atoms with Crippen molar-refractivity contribution >= 4 is 29.5 Å². The number of carbonyl (C=O) groups excluding carboxylic acids is 1. The molecule has 0 amide bonds. The second-order valence-corrected chi connectivity index (χ2v) is 4.23. The number of aromatic nitrogens is 1. The third-order valence-corrected chi connectivity index (χ3v) is 2.64. The largest absolute Gasteiger partial charge is 0.477 e. The van der Waals surface area contributed by atoms with E-state index in [0.29, 0.717) is 17.7 Å². The fourth-order valence-electron chi connectivity index (χ4n) is 1.73. The van der Waals surface area contributed by atoms with E-state index in [0.717, 1.165) is 5.69 Å². The quantitative estimate of drug-likeness (QED) is 0.424. The van der Waals surface area contributed by atoms with Crippen molar-refractivity contribution in [2.75, 3.05) is 21.2 Å². The summed E-state index contributed by atoms with van der Waals surface area (Å²) in [6, 6.07) is 1.69. The van der Waals surface area contributed by atoms with Crippen molar-refractivity contribution in [3.05, 3.63) is 22.5 Å². The molecule has 0 fully saturated rings. The molecule has 84 valence electrons. The minimum Gasteiger partial charge on any atom is -0.477 e. The summed E-state index contributed by atoms with van der Waals surface area (Å²) < 4.78 is 5.39. The third-order valence-electron chi connectivity index (χ3n) is 2.44. The second-order valence-electron chi connectivity index (χ2n) is 3.85. The van der Waals surface area contributed by atoms with Gasteiger partial charge in [0.05, 0.1) is 21.2 Å². The number of fused-ring (bicyclic) bond motifs is 1. The summed E-state index contributed by atoms with van der Waals surface area (Å²) >= 11 is 5.85. The molecule has 0 N–H and O–H groups in total. The Labute approximate surface area is 97.9 Å². The highest BCUT2D eigenvalue weighted by Crippen LogP contribution is 2.35. The average molecular weight is 241 g/mol. The van der Waals surface area contributed by atoms with Gasteiger partial charge in [-0.25, -0.2) is 4.98 Å². The average Bonchev–Trinajstić information content (AvgIpc) is 2.49. The van der Waals surface area contributed by atoms with Crippen molar-refractivity contribution in [2.45, 2.75) is 0 Å². The first-order chi connectivity index (χ1) is 7.49. The zero-order valence-corrected chi connectivity index (χ0v) is 9.95. The molecule has 0 aliphatic carbocycles. The summed E-state index contributed by atoms with van der Waals surface area (Å²) in [6.45, 7) is 0. The van der Waals surface area contributed by atoms with E-state index in [1.54, 1.807) is 6.07 Å². The van der Waals surface area contributed by atoms with Crippen LogP contribution >= 0.6 is 11.6 Å². The number of quaternary nitrogens is 1. The van der Waals surface area contributed by atoms with Gasteiger partial charge in [-0.1, -0.05) is 11.6 Å². The van der Waals surface area contributed by atoms with E-state index in [1.165, 1.54) is 7.11 Å². The van der Waals surface area contributed by atoms with E-state index in [2.05, 4.69) is 10.1 Å². The number of hydrogen-bond donors (Lipinski definition) is 0. The van der Waals surface area contributed by atoms with Crippen LogP contribution in [0, 0.1) is 0 Å². The lowest BCUT2D eigenvalue weighted by Crippen LogP contribution is -2.31. The lowest BCUT2D eigenvalue weighted by atomic mass is 10.1. The zero-order valence-electron chi connectivity index (χ0n) is 9.19. The van der Waals surface area contributed by atoms with Gasteiger partial charge in [-0.05, 0) is 5.10 Å².